The molecule has 0 bridgehead atoms. The van der Waals surface area contributed by atoms with Crippen LogP contribution in [-0.2, 0) is 6.54 Å². The van der Waals surface area contributed by atoms with Crippen molar-refractivity contribution < 1.29 is 4.42 Å². The van der Waals surface area contributed by atoms with E-state index in [0.29, 0.717) is 18.5 Å². The summed E-state index contributed by atoms with van der Waals surface area (Å²) in [6.45, 7) is 2.59. The molecule has 17 heavy (non-hydrogen) atoms. The second kappa shape index (κ2) is 5.40. The van der Waals surface area contributed by atoms with E-state index in [9.17, 15) is 0 Å². The minimum atomic E-state index is 0.0980. The third kappa shape index (κ3) is 3.01. The number of nitrogens with zero attached hydrogens (tertiary/aromatic N) is 3. The Balaban J connectivity index is 2.00. The molecule has 0 radical (unpaired) electrons. The number of pyridine rings is 1. The summed E-state index contributed by atoms with van der Waals surface area (Å²) in [5.74, 6) is 0.567. The zero-order valence-corrected chi connectivity index (χ0v) is 9.84. The van der Waals surface area contributed by atoms with Gasteiger partial charge in [-0.2, -0.15) is 0 Å². The van der Waals surface area contributed by atoms with Crippen LogP contribution in [0, 0.1) is 0 Å². The van der Waals surface area contributed by atoms with Crippen molar-refractivity contribution in [3.05, 3.63) is 36.0 Å². The summed E-state index contributed by atoms with van der Waals surface area (Å²) < 4.78 is 5.40. The monoisotopic (exact) mass is 233 g/mol. The van der Waals surface area contributed by atoms with Crippen molar-refractivity contribution in [2.24, 2.45) is 0 Å². The molecule has 6 heteroatoms. The van der Waals surface area contributed by atoms with Crippen molar-refractivity contribution >= 4 is 6.01 Å². The molecule has 2 rings (SSSR count). The van der Waals surface area contributed by atoms with Crippen LogP contribution in [0.4, 0.5) is 6.01 Å². The second-order valence-corrected chi connectivity index (χ2v) is 3.68. The Labute approximate surface area is 99.5 Å². The molecule has 0 amide bonds. The summed E-state index contributed by atoms with van der Waals surface area (Å²) >= 11 is 0. The molecule has 0 saturated carbocycles. The Kier molecular flexibility index (Phi) is 3.66. The van der Waals surface area contributed by atoms with Crippen molar-refractivity contribution in [3.63, 3.8) is 0 Å². The first-order chi connectivity index (χ1) is 8.29. The van der Waals surface area contributed by atoms with E-state index in [1.165, 1.54) is 0 Å². The Morgan fingerprint density at radius 1 is 1.29 bits per heavy atom. The number of rotatable bonds is 5. The van der Waals surface area contributed by atoms with Gasteiger partial charge >= 0.3 is 6.01 Å². The number of anilines is 1. The standard InChI is InChI=1S/C11H15N5O/c1-8(9-3-5-13-6-4-9)14-11-16-15-10(17-11)7-12-2/h3-6,8,12H,7H2,1-2H3,(H,14,16). The highest BCUT2D eigenvalue weighted by molar-refractivity contribution is 5.26. The van der Waals surface area contributed by atoms with Crippen LogP contribution in [-0.4, -0.2) is 22.2 Å². The molecular weight excluding hydrogens is 218 g/mol. The Bertz CT molecular complexity index is 456. The van der Waals surface area contributed by atoms with Crippen LogP contribution < -0.4 is 10.6 Å². The number of nitrogens with one attached hydrogen (secondary N) is 2. The minimum Gasteiger partial charge on any atom is -0.407 e. The van der Waals surface area contributed by atoms with Gasteiger partial charge in [0.1, 0.15) is 0 Å². The molecule has 0 aliphatic heterocycles. The molecule has 6 nitrogen and oxygen atoms in total. The van der Waals surface area contributed by atoms with Gasteiger partial charge < -0.3 is 15.1 Å². The normalized spacial score (nSPS) is 12.4. The molecule has 0 spiro atoms. The molecule has 90 valence electrons. The van der Waals surface area contributed by atoms with Gasteiger partial charge in [0, 0.05) is 12.4 Å². The summed E-state index contributed by atoms with van der Waals surface area (Å²) in [6.07, 6.45) is 3.52. The van der Waals surface area contributed by atoms with Crippen LogP contribution in [0.15, 0.2) is 28.9 Å². The van der Waals surface area contributed by atoms with E-state index in [4.69, 9.17) is 4.42 Å². The maximum absolute atomic E-state index is 5.40. The van der Waals surface area contributed by atoms with Gasteiger partial charge in [0.05, 0.1) is 12.6 Å². The molecule has 2 aromatic heterocycles. The van der Waals surface area contributed by atoms with Crippen LogP contribution in [0.25, 0.3) is 0 Å². The fourth-order valence-electron chi connectivity index (χ4n) is 1.46. The minimum absolute atomic E-state index is 0.0980. The van der Waals surface area contributed by atoms with Gasteiger partial charge in [0.2, 0.25) is 5.89 Å². The summed E-state index contributed by atoms with van der Waals surface area (Å²) in [7, 11) is 1.83. The largest absolute Gasteiger partial charge is 0.407 e. The number of hydrogen-bond acceptors (Lipinski definition) is 6. The molecule has 2 aromatic rings. The van der Waals surface area contributed by atoms with Crippen LogP contribution in [0.3, 0.4) is 0 Å². The lowest BCUT2D eigenvalue weighted by molar-refractivity contribution is 0.486. The lowest BCUT2D eigenvalue weighted by Crippen LogP contribution is -2.06. The number of hydrogen-bond donors (Lipinski definition) is 2. The zero-order valence-electron chi connectivity index (χ0n) is 9.84. The fraction of sp³-hybridized carbons (Fsp3) is 0.364. The van der Waals surface area contributed by atoms with Crippen molar-refractivity contribution in [2.45, 2.75) is 19.5 Å². The maximum Gasteiger partial charge on any atom is 0.315 e. The van der Waals surface area contributed by atoms with Gasteiger partial charge in [-0.05, 0) is 31.7 Å². The fourth-order valence-corrected chi connectivity index (χ4v) is 1.46. The topological polar surface area (TPSA) is 75.9 Å². The quantitative estimate of drug-likeness (QED) is 0.812. The summed E-state index contributed by atoms with van der Waals surface area (Å²) in [5.41, 5.74) is 1.12. The van der Waals surface area contributed by atoms with Crippen LogP contribution >= 0.6 is 0 Å². The molecule has 2 N–H and O–H groups in total. The third-order valence-corrected chi connectivity index (χ3v) is 2.34. The van der Waals surface area contributed by atoms with E-state index in [1.807, 2.05) is 26.1 Å². The van der Waals surface area contributed by atoms with E-state index in [-0.39, 0.29) is 6.04 Å². The molecule has 0 fully saturated rings. The lowest BCUT2D eigenvalue weighted by Gasteiger charge is -2.11. The van der Waals surface area contributed by atoms with E-state index in [2.05, 4.69) is 25.8 Å². The predicted molar refractivity (Wildman–Crippen MR) is 63.3 cm³/mol. The highest BCUT2D eigenvalue weighted by Crippen LogP contribution is 2.17. The van der Waals surface area contributed by atoms with Crippen molar-refractivity contribution in [1.82, 2.24) is 20.5 Å². The van der Waals surface area contributed by atoms with Crippen molar-refractivity contribution in [1.29, 1.82) is 0 Å². The van der Waals surface area contributed by atoms with Gasteiger partial charge in [0.15, 0.2) is 0 Å². The SMILES string of the molecule is CNCc1nnc(NC(C)c2ccncc2)o1. The molecule has 1 unspecified atom stereocenters. The first-order valence-corrected chi connectivity index (χ1v) is 5.43. The Morgan fingerprint density at radius 2 is 2.06 bits per heavy atom. The maximum atomic E-state index is 5.40. The lowest BCUT2D eigenvalue weighted by atomic mass is 10.1. The van der Waals surface area contributed by atoms with E-state index in [1.54, 1.807) is 12.4 Å². The van der Waals surface area contributed by atoms with E-state index >= 15 is 0 Å². The molecule has 0 aliphatic rings. The second-order valence-electron chi connectivity index (χ2n) is 3.68. The summed E-state index contributed by atoms with van der Waals surface area (Å²) in [5, 5.41) is 13.9. The van der Waals surface area contributed by atoms with Crippen LogP contribution in [0.2, 0.25) is 0 Å². The van der Waals surface area contributed by atoms with Gasteiger partial charge in [-0.15, -0.1) is 5.10 Å². The Morgan fingerprint density at radius 3 is 2.76 bits per heavy atom. The number of aromatic nitrogens is 3. The summed E-state index contributed by atoms with van der Waals surface area (Å²) in [4.78, 5) is 3.98. The van der Waals surface area contributed by atoms with Gasteiger partial charge in [-0.25, -0.2) is 0 Å². The molecule has 1 atom stereocenters. The molecule has 2 heterocycles. The Hall–Kier alpha value is -1.95. The van der Waals surface area contributed by atoms with Crippen molar-refractivity contribution in [2.75, 3.05) is 12.4 Å². The van der Waals surface area contributed by atoms with Gasteiger partial charge in [-0.3, -0.25) is 4.98 Å². The third-order valence-electron chi connectivity index (χ3n) is 2.34. The van der Waals surface area contributed by atoms with Crippen LogP contribution in [0.1, 0.15) is 24.4 Å². The van der Waals surface area contributed by atoms with Gasteiger partial charge in [0.25, 0.3) is 0 Å². The first-order valence-electron chi connectivity index (χ1n) is 5.43. The molecule has 0 saturated heterocycles. The molecular formula is C11H15N5O. The molecule has 0 aliphatic carbocycles. The average molecular weight is 233 g/mol. The van der Waals surface area contributed by atoms with Crippen LogP contribution in [0.5, 0.6) is 0 Å². The molecule has 0 aromatic carbocycles. The highest BCUT2D eigenvalue weighted by atomic mass is 16.4. The van der Waals surface area contributed by atoms with E-state index < -0.39 is 0 Å². The smallest absolute Gasteiger partial charge is 0.315 e. The average Bonchev–Trinajstić information content (AvgIpc) is 2.78. The predicted octanol–water partition coefficient (Wildman–Crippen LogP) is 1.36. The van der Waals surface area contributed by atoms with Gasteiger partial charge in [-0.1, -0.05) is 5.10 Å². The van der Waals surface area contributed by atoms with Crippen molar-refractivity contribution in [3.8, 4) is 0 Å². The van der Waals surface area contributed by atoms with E-state index in [0.717, 1.165) is 5.56 Å². The zero-order chi connectivity index (χ0) is 12.1. The summed E-state index contributed by atoms with van der Waals surface area (Å²) in [6, 6.07) is 4.42. The highest BCUT2D eigenvalue weighted by Gasteiger charge is 2.09. The first kappa shape index (κ1) is 11.5.